The summed E-state index contributed by atoms with van der Waals surface area (Å²) < 4.78 is 0. The first-order valence-corrected chi connectivity index (χ1v) is 8.73. The molecule has 120 valence electrons. The van der Waals surface area contributed by atoms with E-state index in [9.17, 15) is 9.59 Å². The Morgan fingerprint density at radius 2 is 2.17 bits per heavy atom. The van der Waals surface area contributed by atoms with E-state index in [1.54, 1.807) is 23.1 Å². The van der Waals surface area contributed by atoms with Gasteiger partial charge in [-0.15, -0.1) is 11.3 Å². The van der Waals surface area contributed by atoms with Gasteiger partial charge >= 0.3 is 0 Å². The van der Waals surface area contributed by atoms with Crippen molar-refractivity contribution in [2.24, 2.45) is 0 Å². The Balaban J connectivity index is 1.76. The van der Waals surface area contributed by atoms with Crippen LogP contribution in [0.2, 0.25) is 5.02 Å². The third-order valence-electron chi connectivity index (χ3n) is 4.01. The zero-order chi connectivity index (χ0) is 16.4. The fraction of sp³-hybridized carbons (Fsp3) is 0.294. The van der Waals surface area contributed by atoms with Crippen LogP contribution in [0.15, 0.2) is 35.7 Å². The molecule has 6 heteroatoms. The van der Waals surface area contributed by atoms with Gasteiger partial charge in [0.15, 0.2) is 0 Å². The van der Waals surface area contributed by atoms with Gasteiger partial charge < -0.3 is 10.2 Å². The zero-order valence-corrected chi connectivity index (χ0v) is 14.3. The molecule has 1 N–H and O–H groups in total. The van der Waals surface area contributed by atoms with Crippen LogP contribution in [0.5, 0.6) is 0 Å². The molecular weight excluding hydrogens is 332 g/mol. The van der Waals surface area contributed by atoms with Gasteiger partial charge in [0.05, 0.1) is 4.88 Å². The predicted octanol–water partition coefficient (Wildman–Crippen LogP) is 3.95. The van der Waals surface area contributed by atoms with E-state index in [0.29, 0.717) is 28.6 Å². The lowest BCUT2D eigenvalue weighted by molar-refractivity contribution is -0.119. The molecular formula is C17H17ClN2O2S. The van der Waals surface area contributed by atoms with Gasteiger partial charge in [-0.25, -0.2) is 0 Å². The smallest absolute Gasteiger partial charge is 0.264 e. The van der Waals surface area contributed by atoms with Crippen LogP contribution in [0.25, 0.3) is 0 Å². The molecule has 1 aromatic heterocycles. The SMILES string of the molecule is Cc1ccc(Cl)cc1NC(=O)C1CCCN1C(=O)c1cccs1. The minimum Gasteiger partial charge on any atom is -0.326 e. The summed E-state index contributed by atoms with van der Waals surface area (Å²) in [7, 11) is 0. The van der Waals surface area contributed by atoms with Crippen LogP contribution in [0.1, 0.15) is 28.1 Å². The zero-order valence-electron chi connectivity index (χ0n) is 12.7. The monoisotopic (exact) mass is 348 g/mol. The number of carbonyl (C=O) groups excluding carboxylic acids is 2. The molecule has 0 bridgehead atoms. The molecule has 2 heterocycles. The van der Waals surface area contributed by atoms with Crippen molar-refractivity contribution in [2.75, 3.05) is 11.9 Å². The van der Waals surface area contributed by atoms with Gasteiger partial charge in [0, 0.05) is 17.3 Å². The molecule has 0 spiro atoms. The van der Waals surface area contributed by atoms with E-state index in [2.05, 4.69) is 5.32 Å². The highest BCUT2D eigenvalue weighted by Crippen LogP contribution is 2.25. The number of halogens is 1. The van der Waals surface area contributed by atoms with Crippen molar-refractivity contribution in [3.8, 4) is 0 Å². The van der Waals surface area contributed by atoms with Gasteiger partial charge in [0.1, 0.15) is 6.04 Å². The predicted molar refractivity (Wildman–Crippen MR) is 93.2 cm³/mol. The maximum Gasteiger partial charge on any atom is 0.264 e. The molecule has 0 aliphatic carbocycles. The maximum atomic E-state index is 12.6. The molecule has 1 aliphatic heterocycles. The Bertz CT molecular complexity index is 730. The largest absolute Gasteiger partial charge is 0.326 e. The van der Waals surface area contributed by atoms with Gasteiger partial charge in [-0.05, 0) is 48.9 Å². The molecule has 2 aromatic rings. The summed E-state index contributed by atoms with van der Waals surface area (Å²) in [5.74, 6) is -0.224. The molecule has 1 fully saturated rings. The number of benzene rings is 1. The topological polar surface area (TPSA) is 49.4 Å². The van der Waals surface area contributed by atoms with Crippen LogP contribution in [0, 0.1) is 6.92 Å². The molecule has 1 aromatic carbocycles. The summed E-state index contributed by atoms with van der Waals surface area (Å²) in [5.41, 5.74) is 1.63. The molecule has 1 saturated heterocycles. The normalized spacial score (nSPS) is 17.3. The fourth-order valence-corrected chi connectivity index (χ4v) is 3.62. The first-order chi connectivity index (χ1) is 11.1. The minimum absolute atomic E-state index is 0.0690. The number of anilines is 1. The first kappa shape index (κ1) is 16.0. The molecule has 1 aliphatic rings. The second-order valence-electron chi connectivity index (χ2n) is 5.58. The van der Waals surface area contributed by atoms with E-state index < -0.39 is 6.04 Å². The highest BCUT2D eigenvalue weighted by Gasteiger charge is 2.35. The average Bonchev–Trinajstić information content (AvgIpc) is 3.20. The summed E-state index contributed by atoms with van der Waals surface area (Å²) in [6, 6.07) is 8.59. The highest BCUT2D eigenvalue weighted by atomic mass is 35.5. The average molecular weight is 349 g/mol. The minimum atomic E-state index is -0.428. The van der Waals surface area contributed by atoms with Gasteiger partial charge in [-0.3, -0.25) is 9.59 Å². The Kier molecular flexibility index (Phi) is 4.68. The second kappa shape index (κ2) is 6.72. The van der Waals surface area contributed by atoms with E-state index >= 15 is 0 Å². The van der Waals surface area contributed by atoms with Crippen molar-refractivity contribution >= 4 is 40.4 Å². The Labute approximate surface area is 144 Å². The van der Waals surface area contributed by atoms with Crippen LogP contribution < -0.4 is 5.32 Å². The van der Waals surface area contributed by atoms with Crippen molar-refractivity contribution < 1.29 is 9.59 Å². The van der Waals surface area contributed by atoms with E-state index in [1.165, 1.54) is 11.3 Å². The molecule has 0 radical (unpaired) electrons. The van der Waals surface area contributed by atoms with Crippen molar-refractivity contribution in [3.05, 3.63) is 51.2 Å². The highest BCUT2D eigenvalue weighted by molar-refractivity contribution is 7.12. The van der Waals surface area contributed by atoms with Crippen LogP contribution in [0.3, 0.4) is 0 Å². The van der Waals surface area contributed by atoms with Crippen LogP contribution in [-0.4, -0.2) is 29.3 Å². The third-order valence-corrected chi connectivity index (χ3v) is 5.10. The van der Waals surface area contributed by atoms with Gasteiger partial charge in [0.2, 0.25) is 5.91 Å². The van der Waals surface area contributed by atoms with E-state index in [0.717, 1.165) is 12.0 Å². The number of carbonyl (C=O) groups is 2. The quantitative estimate of drug-likeness (QED) is 0.912. The van der Waals surface area contributed by atoms with E-state index in [1.807, 2.05) is 24.4 Å². The molecule has 1 unspecified atom stereocenters. The molecule has 0 saturated carbocycles. The number of hydrogen-bond acceptors (Lipinski definition) is 3. The number of rotatable bonds is 3. The second-order valence-corrected chi connectivity index (χ2v) is 6.97. The summed E-state index contributed by atoms with van der Waals surface area (Å²) in [6.45, 7) is 2.53. The van der Waals surface area contributed by atoms with Gasteiger partial charge in [-0.1, -0.05) is 23.7 Å². The number of nitrogens with one attached hydrogen (secondary N) is 1. The molecule has 4 nitrogen and oxygen atoms in total. The van der Waals surface area contributed by atoms with Gasteiger partial charge in [0.25, 0.3) is 5.91 Å². The molecule has 1 atom stereocenters. The maximum absolute atomic E-state index is 12.6. The lowest BCUT2D eigenvalue weighted by atomic mass is 10.1. The summed E-state index contributed by atoms with van der Waals surface area (Å²) in [4.78, 5) is 27.5. The van der Waals surface area contributed by atoms with Crippen LogP contribution >= 0.6 is 22.9 Å². The van der Waals surface area contributed by atoms with Gasteiger partial charge in [-0.2, -0.15) is 0 Å². The van der Waals surface area contributed by atoms with Crippen LogP contribution in [-0.2, 0) is 4.79 Å². The Morgan fingerprint density at radius 1 is 1.35 bits per heavy atom. The van der Waals surface area contributed by atoms with E-state index in [4.69, 9.17) is 11.6 Å². The number of thiophene rings is 1. The van der Waals surface area contributed by atoms with E-state index in [-0.39, 0.29) is 11.8 Å². The molecule has 23 heavy (non-hydrogen) atoms. The van der Waals surface area contributed by atoms with Crippen molar-refractivity contribution in [2.45, 2.75) is 25.8 Å². The standard InChI is InChI=1S/C17H17ClN2O2S/c1-11-6-7-12(18)10-13(11)19-16(21)14-4-2-8-20(14)17(22)15-5-3-9-23-15/h3,5-7,9-10,14H,2,4,8H2,1H3,(H,19,21). The third kappa shape index (κ3) is 3.41. The lowest BCUT2D eigenvalue weighted by Gasteiger charge is -2.23. The summed E-state index contributed by atoms with van der Waals surface area (Å²) in [5, 5.41) is 5.35. The number of amides is 2. The van der Waals surface area contributed by atoms with Crippen molar-refractivity contribution in [3.63, 3.8) is 0 Å². The molecule has 3 rings (SSSR count). The molecule has 2 amide bonds. The Hall–Kier alpha value is -1.85. The number of nitrogens with zero attached hydrogens (tertiary/aromatic N) is 1. The number of hydrogen-bond donors (Lipinski definition) is 1. The summed E-state index contributed by atoms with van der Waals surface area (Å²) in [6.07, 6.45) is 1.52. The first-order valence-electron chi connectivity index (χ1n) is 7.48. The summed E-state index contributed by atoms with van der Waals surface area (Å²) >= 11 is 7.39. The van der Waals surface area contributed by atoms with Crippen molar-refractivity contribution in [1.29, 1.82) is 0 Å². The lowest BCUT2D eigenvalue weighted by Crippen LogP contribution is -2.43. The Morgan fingerprint density at radius 3 is 2.91 bits per heavy atom. The van der Waals surface area contributed by atoms with Crippen molar-refractivity contribution in [1.82, 2.24) is 4.90 Å². The van der Waals surface area contributed by atoms with Crippen LogP contribution in [0.4, 0.5) is 5.69 Å². The number of aryl methyl sites for hydroxylation is 1. The number of likely N-dealkylation sites (tertiary alicyclic amines) is 1. The fourth-order valence-electron chi connectivity index (χ4n) is 2.77.